The first-order valence-corrected chi connectivity index (χ1v) is 4.59. The van der Waals surface area contributed by atoms with Crippen LogP contribution in [0.15, 0.2) is 5.16 Å². The lowest BCUT2D eigenvalue weighted by Gasteiger charge is -2.01. The van der Waals surface area contributed by atoms with Gasteiger partial charge in [-0.2, -0.15) is 0 Å². The molecule has 6 heteroatoms. The Hall–Kier alpha value is -0.190. The van der Waals surface area contributed by atoms with Gasteiger partial charge in [0.2, 0.25) is 0 Å². The maximum Gasteiger partial charge on any atom is 0.190 e. The molecule has 0 aliphatic rings. The molecule has 0 bridgehead atoms. The Morgan fingerprint density at radius 1 is 1.42 bits per heavy atom. The molecule has 2 N–H and O–H groups in total. The first kappa shape index (κ1) is 11.8. The van der Waals surface area contributed by atoms with Crippen LogP contribution in [-0.2, 0) is 0 Å². The van der Waals surface area contributed by atoms with Crippen molar-refractivity contribution in [1.82, 2.24) is 9.97 Å². The highest BCUT2D eigenvalue weighted by Gasteiger charge is 2.04. The van der Waals surface area contributed by atoms with E-state index in [-0.39, 0.29) is 12.4 Å². The number of thioether (sulfide) groups is 1. The summed E-state index contributed by atoms with van der Waals surface area (Å²) in [6.07, 6.45) is 1.88. The third-order valence-electron chi connectivity index (χ3n) is 1.29. The van der Waals surface area contributed by atoms with Crippen LogP contribution in [0.25, 0.3) is 0 Å². The molecule has 0 saturated heterocycles. The molecule has 0 atom stereocenters. The van der Waals surface area contributed by atoms with E-state index in [0.717, 1.165) is 5.56 Å². The number of hydrogen-bond acceptors (Lipinski definition) is 4. The zero-order chi connectivity index (χ0) is 8.43. The second-order valence-electron chi connectivity index (χ2n) is 2.01. The van der Waals surface area contributed by atoms with Crippen LogP contribution in [0.1, 0.15) is 5.56 Å². The Bertz CT molecular complexity index is 256. The molecule has 68 valence electrons. The molecule has 0 aliphatic carbocycles. The predicted octanol–water partition coefficient (Wildman–Crippen LogP) is 2.16. The van der Waals surface area contributed by atoms with Crippen molar-refractivity contribution in [3.8, 4) is 0 Å². The van der Waals surface area contributed by atoms with Crippen LogP contribution in [0.5, 0.6) is 0 Å². The van der Waals surface area contributed by atoms with Crippen molar-refractivity contribution in [2.75, 3.05) is 12.0 Å². The standard InChI is InChI=1S/C6H8ClN3S.ClH/c1-3-4(7)9-6(11-2)10-5(3)8;/h1-2H3,(H2,8,9,10);1H. The smallest absolute Gasteiger partial charge is 0.190 e. The van der Waals surface area contributed by atoms with Gasteiger partial charge in [0.15, 0.2) is 5.16 Å². The Kier molecular flexibility index (Phi) is 4.67. The van der Waals surface area contributed by atoms with E-state index in [0.29, 0.717) is 16.1 Å². The largest absolute Gasteiger partial charge is 0.383 e. The first-order valence-electron chi connectivity index (χ1n) is 2.98. The number of anilines is 1. The van der Waals surface area contributed by atoms with E-state index < -0.39 is 0 Å². The molecule has 0 unspecified atom stereocenters. The fourth-order valence-corrected chi connectivity index (χ4v) is 1.18. The van der Waals surface area contributed by atoms with Gasteiger partial charge in [0.1, 0.15) is 11.0 Å². The summed E-state index contributed by atoms with van der Waals surface area (Å²) in [6.45, 7) is 1.79. The lowest BCUT2D eigenvalue weighted by molar-refractivity contribution is 0.964. The molecule has 1 aromatic rings. The molecule has 12 heavy (non-hydrogen) atoms. The van der Waals surface area contributed by atoms with Gasteiger partial charge < -0.3 is 5.73 Å². The van der Waals surface area contributed by atoms with Crippen LogP contribution < -0.4 is 5.73 Å². The second-order valence-corrected chi connectivity index (χ2v) is 3.14. The summed E-state index contributed by atoms with van der Waals surface area (Å²) in [7, 11) is 0. The molecule has 0 amide bonds. The van der Waals surface area contributed by atoms with Crippen LogP contribution in [0, 0.1) is 6.92 Å². The van der Waals surface area contributed by atoms with E-state index >= 15 is 0 Å². The quantitative estimate of drug-likeness (QED) is 0.453. The van der Waals surface area contributed by atoms with Gasteiger partial charge >= 0.3 is 0 Å². The number of rotatable bonds is 1. The molecule has 0 fully saturated rings. The monoisotopic (exact) mass is 225 g/mol. The fourth-order valence-electron chi connectivity index (χ4n) is 0.577. The summed E-state index contributed by atoms with van der Waals surface area (Å²) >= 11 is 7.17. The lowest BCUT2D eigenvalue weighted by Crippen LogP contribution is -1.98. The molecule has 1 rings (SSSR count). The van der Waals surface area contributed by atoms with Crippen molar-refractivity contribution >= 4 is 41.6 Å². The number of halogens is 2. The number of hydrogen-bond donors (Lipinski definition) is 1. The third-order valence-corrected chi connectivity index (χ3v) is 2.20. The number of nitrogen functional groups attached to an aromatic ring is 1. The van der Waals surface area contributed by atoms with Crippen molar-refractivity contribution in [2.45, 2.75) is 12.1 Å². The van der Waals surface area contributed by atoms with Crippen LogP contribution in [0.3, 0.4) is 0 Å². The number of nitrogens with two attached hydrogens (primary N) is 1. The van der Waals surface area contributed by atoms with E-state index in [9.17, 15) is 0 Å². The van der Waals surface area contributed by atoms with Gasteiger partial charge in [0.05, 0.1) is 0 Å². The molecule has 0 saturated carbocycles. The van der Waals surface area contributed by atoms with Crippen LogP contribution in [0.2, 0.25) is 5.15 Å². The molecule has 0 spiro atoms. The van der Waals surface area contributed by atoms with Gasteiger partial charge in [-0.15, -0.1) is 12.4 Å². The summed E-state index contributed by atoms with van der Waals surface area (Å²) in [5, 5.41) is 1.04. The minimum Gasteiger partial charge on any atom is -0.383 e. The Morgan fingerprint density at radius 2 is 2.00 bits per heavy atom. The predicted molar refractivity (Wildman–Crippen MR) is 55.2 cm³/mol. The van der Waals surface area contributed by atoms with Crippen LogP contribution >= 0.6 is 35.8 Å². The average Bonchev–Trinajstić information content (AvgIpc) is 1.99. The normalized spacial score (nSPS) is 9.25. The molecular weight excluding hydrogens is 217 g/mol. The highest BCUT2D eigenvalue weighted by atomic mass is 35.5. The minimum atomic E-state index is 0. The van der Waals surface area contributed by atoms with Gasteiger partial charge in [0.25, 0.3) is 0 Å². The summed E-state index contributed by atoms with van der Waals surface area (Å²) in [5.74, 6) is 0.453. The van der Waals surface area contributed by atoms with Crippen molar-refractivity contribution in [3.63, 3.8) is 0 Å². The van der Waals surface area contributed by atoms with Crippen LogP contribution in [0.4, 0.5) is 5.82 Å². The molecular formula is C6H9Cl2N3S. The van der Waals surface area contributed by atoms with Gasteiger partial charge in [-0.25, -0.2) is 9.97 Å². The van der Waals surface area contributed by atoms with E-state index in [1.54, 1.807) is 6.92 Å². The zero-order valence-electron chi connectivity index (χ0n) is 6.67. The maximum absolute atomic E-state index is 5.75. The van der Waals surface area contributed by atoms with Gasteiger partial charge in [-0.3, -0.25) is 0 Å². The Balaban J connectivity index is 0.00000121. The van der Waals surface area contributed by atoms with Crippen LogP contribution in [-0.4, -0.2) is 16.2 Å². The van der Waals surface area contributed by atoms with Crippen molar-refractivity contribution in [3.05, 3.63) is 10.7 Å². The summed E-state index contributed by atoms with van der Waals surface area (Å²) in [4.78, 5) is 7.99. The summed E-state index contributed by atoms with van der Waals surface area (Å²) in [6, 6.07) is 0. The average molecular weight is 226 g/mol. The Labute approximate surface area is 86.5 Å². The molecule has 0 aromatic carbocycles. The summed E-state index contributed by atoms with van der Waals surface area (Å²) in [5.41, 5.74) is 6.29. The minimum absolute atomic E-state index is 0. The van der Waals surface area contributed by atoms with Crippen molar-refractivity contribution in [2.24, 2.45) is 0 Å². The van der Waals surface area contributed by atoms with Gasteiger partial charge in [-0.05, 0) is 13.2 Å². The van der Waals surface area contributed by atoms with E-state index in [1.165, 1.54) is 11.8 Å². The number of nitrogens with zero attached hydrogens (tertiary/aromatic N) is 2. The van der Waals surface area contributed by atoms with Gasteiger partial charge in [-0.1, -0.05) is 23.4 Å². The molecule has 1 heterocycles. The maximum atomic E-state index is 5.75. The lowest BCUT2D eigenvalue weighted by atomic mass is 10.4. The van der Waals surface area contributed by atoms with Crippen molar-refractivity contribution < 1.29 is 0 Å². The van der Waals surface area contributed by atoms with E-state index in [2.05, 4.69) is 9.97 Å². The molecule has 0 radical (unpaired) electrons. The van der Waals surface area contributed by atoms with E-state index in [1.807, 2.05) is 6.26 Å². The molecule has 3 nitrogen and oxygen atoms in total. The van der Waals surface area contributed by atoms with E-state index in [4.69, 9.17) is 17.3 Å². The summed E-state index contributed by atoms with van der Waals surface area (Å²) < 4.78 is 0. The van der Waals surface area contributed by atoms with Gasteiger partial charge in [0, 0.05) is 5.56 Å². The highest BCUT2D eigenvalue weighted by Crippen LogP contribution is 2.20. The Morgan fingerprint density at radius 3 is 2.42 bits per heavy atom. The highest BCUT2D eigenvalue weighted by molar-refractivity contribution is 7.98. The topological polar surface area (TPSA) is 51.8 Å². The SMILES string of the molecule is CSc1nc(N)c(C)c(Cl)n1.Cl. The number of aromatic nitrogens is 2. The molecule has 0 aliphatic heterocycles. The first-order chi connectivity index (χ1) is 5.15. The fraction of sp³-hybridized carbons (Fsp3) is 0.333. The second kappa shape index (κ2) is 4.74. The third kappa shape index (κ3) is 2.40. The molecule has 1 aromatic heterocycles. The zero-order valence-corrected chi connectivity index (χ0v) is 9.06. The van der Waals surface area contributed by atoms with Crippen molar-refractivity contribution in [1.29, 1.82) is 0 Å².